The zero-order valence-electron chi connectivity index (χ0n) is 15.4. The Morgan fingerprint density at radius 1 is 1.19 bits per heavy atom. The lowest BCUT2D eigenvalue weighted by molar-refractivity contribution is 0.305. The van der Waals surface area contributed by atoms with Gasteiger partial charge < -0.3 is 15.4 Å². The molecule has 0 saturated carbocycles. The van der Waals surface area contributed by atoms with Crippen molar-refractivity contribution in [2.24, 2.45) is 0 Å². The number of benzene rings is 2. The van der Waals surface area contributed by atoms with Crippen molar-refractivity contribution in [3.63, 3.8) is 0 Å². The first-order valence-electron chi connectivity index (χ1n) is 8.33. The summed E-state index contributed by atoms with van der Waals surface area (Å²) in [5, 5.41) is 15.3. The van der Waals surface area contributed by atoms with E-state index < -0.39 is 0 Å². The number of aryl methyl sites for hydroxylation is 1. The molecule has 3 N–H and O–H groups in total. The SMILES string of the molecule is CN/C(CCl)=C(/Cl)C(=N)c1ccc(OCc2c(Cl)cccc2NC)c(C)c1. The monoisotopic (exact) mass is 425 g/mol. The average Bonchev–Trinajstić information content (AvgIpc) is 2.67. The van der Waals surface area contributed by atoms with Crippen LogP contribution in [0.3, 0.4) is 0 Å². The van der Waals surface area contributed by atoms with Gasteiger partial charge in [-0.3, -0.25) is 5.41 Å². The molecule has 0 unspecified atom stereocenters. The predicted octanol–water partition coefficient (Wildman–Crippen LogP) is 5.55. The lowest BCUT2D eigenvalue weighted by atomic mass is 10.1. The first-order valence-corrected chi connectivity index (χ1v) is 9.62. The van der Waals surface area contributed by atoms with Gasteiger partial charge in [0.05, 0.1) is 16.6 Å². The van der Waals surface area contributed by atoms with Gasteiger partial charge in [0.2, 0.25) is 0 Å². The molecule has 0 heterocycles. The molecule has 27 heavy (non-hydrogen) atoms. The van der Waals surface area contributed by atoms with E-state index in [0.717, 1.165) is 22.6 Å². The molecular weight excluding hydrogens is 405 g/mol. The predicted molar refractivity (Wildman–Crippen MR) is 116 cm³/mol. The Morgan fingerprint density at radius 3 is 2.52 bits per heavy atom. The van der Waals surface area contributed by atoms with Crippen LogP contribution in [0.4, 0.5) is 5.69 Å². The summed E-state index contributed by atoms with van der Waals surface area (Å²) in [5.41, 5.74) is 4.23. The van der Waals surface area contributed by atoms with Crippen molar-refractivity contribution in [3.05, 3.63) is 68.8 Å². The lowest BCUT2D eigenvalue weighted by Crippen LogP contribution is -2.13. The number of halogens is 3. The molecule has 7 heteroatoms. The number of rotatable bonds is 8. The van der Waals surface area contributed by atoms with E-state index in [4.69, 9.17) is 44.9 Å². The van der Waals surface area contributed by atoms with Crippen LogP contribution in [0.25, 0.3) is 0 Å². The molecule has 0 bridgehead atoms. The summed E-state index contributed by atoms with van der Waals surface area (Å²) in [5.74, 6) is 0.934. The summed E-state index contributed by atoms with van der Waals surface area (Å²) in [6.45, 7) is 2.26. The molecule has 0 fully saturated rings. The average molecular weight is 427 g/mol. The first kappa shape index (κ1) is 21.4. The van der Waals surface area contributed by atoms with Crippen molar-refractivity contribution < 1.29 is 4.74 Å². The highest BCUT2D eigenvalue weighted by molar-refractivity contribution is 6.46. The maximum absolute atomic E-state index is 8.30. The van der Waals surface area contributed by atoms with Gasteiger partial charge in [-0.05, 0) is 42.8 Å². The largest absolute Gasteiger partial charge is 0.488 e. The lowest BCUT2D eigenvalue weighted by Gasteiger charge is -2.15. The van der Waals surface area contributed by atoms with Gasteiger partial charge in [0.25, 0.3) is 0 Å². The number of hydrogen-bond acceptors (Lipinski definition) is 4. The molecule has 0 aliphatic carbocycles. The molecule has 0 atom stereocenters. The standard InChI is InChI=1S/C20H22Cl3N3O/c1-12-9-13(20(24)19(23)17(10-21)26-3)7-8-18(12)27-11-14-15(22)5-4-6-16(14)25-2/h4-9,24-26H,10-11H2,1-3H3/b19-17+,24-20?. The smallest absolute Gasteiger partial charge is 0.122 e. The fraction of sp³-hybridized carbons (Fsp3) is 0.250. The third-order valence-corrected chi connectivity index (χ3v) is 5.18. The van der Waals surface area contributed by atoms with Crippen LogP contribution in [0.2, 0.25) is 5.02 Å². The van der Waals surface area contributed by atoms with Crippen LogP contribution in [-0.4, -0.2) is 25.7 Å². The van der Waals surface area contributed by atoms with Crippen LogP contribution < -0.4 is 15.4 Å². The van der Waals surface area contributed by atoms with Crippen LogP contribution in [0.1, 0.15) is 16.7 Å². The maximum Gasteiger partial charge on any atom is 0.122 e. The third-order valence-electron chi connectivity index (χ3n) is 4.14. The summed E-state index contributed by atoms with van der Waals surface area (Å²) >= 11 is 18.4. The van der Waals surface area contributed by atoms with Gasteiger partial charge in [-0.2, -0.15) is 0 Å². The Hall–Kier alpha value is -1.88. The molecule has 0 aliphatic heterocycles. The van der Waals surface area contributed by atoms with E-state index in [1.165, 1.54) is 0 Å². The van der Waals surface area contributed by atoms with E-state index in [0.29, 0.717) is 27.9 Å². The second-order valence-corrected chi connectivity index (χ2v) is 6.89. The van der Waals surface area contributed by atoms with E-state index in [1.807, 2.05) is 44.3 Å². The van der Waals surface area contributed by atoms with Crippen molar-refractivity contribution in [2.45, 2.75) is 13.5 Å². The Bertz CT molecular complexity index is 860. The van der Waals surface area contributed by atoms with Gasteiger partial charge in [-0.15, -0.1) is 11.6 Å². The highest BCUT2D eigenvalue weighted by Gasteiger charge is 2.13. The number of nitrogens with one attached hydrogen (secondary N) is 3. The van der Waals surface area contributed by atoms with Crippen molar-refractivity contribution >= 4 is 46.2 Å². The minimum absolute atomic E-state index is 0.208. The Morgan fingerprint density at radius 2 is 1.93 bits per heavy atom. The van der Waals surface area contributed by atoms with Gasteiger partial charge in [0, 0.05) is 41.6 Å². The van der Waals surface area contributed by atoms with Gasteiger partial charge in [0.15, 0.2) is 0 Å². The van der Waals surface area contributed by atoms with Crippen molar-refractivity contribution in [1.29, 1.82) is 5.41 Å². The van der Waals surface area contributed by atoms with Crippen LogP contribution >= 0.6 is 34.8 Å². The highest BCUT2D eigenvalue weighted by Crippen LogP contribution is 2.28. The molecule has 0 aromatic heterocycles. The second-order valence-electron chi connectivity index (χ2n) is 5.84. The number of alkyl halides is 1. The zero-order chi connectivity index (χ0) is 20.0. The number of ether oxygens (including phenoxy) is 1. The molecular formula is C20H22Cl3N3O. The summed E-state index contributed by atoms with van der Waals surface area (Å²) < 4.78 is 5.96. The van der Waals surface area contributed by atoms with Gasteiger partial charge >= 0.3 is 0 Å². The van der Waals surface area contributed by atoms with Crippen LogP contribution in [0.5, 0.6) is 5.75 Å². The van der Waals surface area contributed by atoms with Crippen molar-refractivity contribution in [3.8, 4) is 5.75 Å². The topological polar surface area (TPSA) is 57.1 Å². The minimum Gasteiger partial charge on any atom is -0.488 e. The Kier molecular flexibility index (Phi) is 7.84. The van der Waals surface area contributed by atoms with Crippen LogP contribution in [-0.2, 0) is 6.61 Å². The summed E-state index contributed by atoms with van der Waals surface area (Å²) in [6, 6.07) is 11.2. The van der Waals surface area contributed by atoms with E-state index in [1.54, 1.807) is 13.1 Å². The molecule has 144 valence electrons. The molecule has 0 radical (unpaired) electrons. The van der Waals surface area contributed by atoms with Crippen LogP contribution in [0.15, 0.2) is 47.1 Å². The van der Waals surface area contributed by atoms with E-state index in [2.05, 4.69) is 10.6 Å². The summed E-state index contributed by atoms with van der Waals surface area (Å²) in [4.78, 5) is 0. The van der Waals surface area contributed by atoms with Gasteiger partial charge in [0.1, 0.15) is 12.4 Å². The summed E-state index contributed by atoms with van der Waals surface area (Å²) in [7, 11) is 3.57. The molecule has 0 saturated heterocycles. The summed E-state index contributed by atoms with van der Waals surface area (Å²) in [6.07, 6.45) is 0. The van der Waals surface area contributed by atoms with Crippen LogP contribution in [0, 0.1) is 12.3 Å². The molecule has 0 spiro atoms. The van der Waals surface area contributed by atoms with Gasteiger partial charge in [-0.25, -0.2) is 0 Å². The van der Waals surface area contributed by atoms with E-state index >= 15 is 0 Å². The highest BCUT2D eigenvalue weighted by atomic mass is 35.5. The fourth-order valence-electron chi connectivity index (χ4n) is 2.57. The third kappa shape index (κ3) is 5.10. The van der Waals surface area contributed by atoms with Gasteiger partial charge in [-0.1, -0.05) is 29.3 Å². The molecule has 2 aromatic carbocycles. The fourth-order valence-corrected chi connectivity index (χ4v) is 3.40. The second kappa shape index (κ2) is 9.88. The quantitative estimate of drug-likeness (QED) is 0.383. The minimum atomic E-state index is 0.208. The van der Waals surface area contributed by atoms with Crippen molar-refractivity contribution in [2.75, 3.05) is 25.3 Å². The Labute approximate surface area is 175 Å². The number of hydrogen-bond donors (Lipinski definition) is 3. The van der Waals surface area contributed by atoms with Crippen molar-refractivity contribution in [1.82, 2.24) is 5.32 Å². The molecule has 0 aliphatic rings. The maximum atomic E-state index is 8.30. The first-order chi connectivity index (χ1) is 12.9. The molecule has 2 rings (SSSR count). The molecule has 0 amide bonds. The van der Waals surface area contributed by atoms with E-state index in [-0.39, 0.29) is 11.6 Å². The molecule has 2 aromatic rings. The van der Waals surface area contributed by atoms with E-state index in [9.17, 15) is 0 Å². The Balaban J connectivity index is 2.21. The zero-order valence-corrected chi connectivity index (χ0v) is 17.7. The number of anilines is 1. The molecule has 4 nitrogen and oxygen atoms in total. The normalized spacial score (nSPS) is 11.6. The number of allylic oxidation sites excluding steroid dienone is 2.